The third kappa shape index (κ3) is 5.58. The highest BCUT2D eigenvalue weighted by Crippen LogP contribution is 2.22. The molecule has 1 amide bonds. The summed E-state index contributed by atoms with van der Waals surface area (Å²) in [5.74, 6) is -0.449. The molecule has 0 radical (unpaired) electrons. The standard InChI is InChI=1S/C27H31N5O3/c1-17-7-8-24(11-18(17)2)32-20(4)13-22(21(32)5)9-10-29-30-26(33)15-31-19(3)12-23(16-35-6)25(14-28)27(31)34/h7-8,10-13H,9,15-16H2,1-6H3,(H,30,33). The summed E-state index contributed by atoms with van der Waals surface area (Å²) < 4.78 is 8.53. The zero-order valence-corrected chi connectivity index (χ0v) is 21.1. The van der Waals surface area contributed by atoms with Gasteiger partial charge in [0, 0.05) is 48.1 Å². The summed E-state index contributed by atoms with van der Waals surface area (Å²) in [5, 5.41) is 13.4. The maximum absolute atomic E-state index is 12.7. The zero-order valence-electron chi connectivity index (χ0n) is 21.1. The minimum Gasteiger partial charge on any atom is -0.380 e. The zero-order chi connectivity index (χ0) is 25.7. The summed E-state index contributed by atoms with van der Waals surface area (Å²) >= 11 is 0. The highest BCUT2D eigenvalue weighted by molar-refractivity contribution is 5.77. The molecule has 0 atom stereocenters. The molecule has 1 N–H and O–H groups in total. The molecule has 0 spiro atoms. The number of methoxy groups -OCH3 is 1. The van der Waals surface area contributed by atoms with Crippen LogP contribution in [0.4, 0.5) is 0 Å². The van der Waals surface area contributed by atoms with Gasteiger partial charge in [-0.1, -0.05) is 6.07 Å². The van der Waals surface area contributed by atoms with Crippen LogP contribution in [0.3, 0.4) is 0 Å². The van der Waals surface area contributed by atoms with Gasteiger partial charge >= 0.3 is 0 Å². The van der Waals surface area contributed by atoms with Gasteiger partial charge in [-0.3, -0.25) is 9.59 Å². The van der Waals surface area contributed by atoms with Crippen LogP contribution >= 0.6 is 0 Å². The summed E-state index contributed by atoms with van der Waals surface area (Å²) in [6.07, 6.45) is 2.19. The molecule has 0 saturated heterocycles. The molecule has 35 heavy (non-hydrogen) atoms. The van der Waals surface area contributed by atoms with E-state index in [2.05, 4.69) is 67.1 Å². The number of nitrogens with one attached hydrogen (secondary N) is 1. The molecule has 8 nitrogen and oxygen atoms in total. The number of pyridine rings is 1. The highest BCUT2D eigenvalue weighted by Gasteiger charge is 2.15. The van der Waals surface area contributed by atoms with Gasteiger partial charge in [0.25, 0.3) is 11.5 Å². The van der Waals surface area contributed by atoms with Gasteiger partial charge in [0.1, 0.15) is 18.2 Å². The Morgan fingerprint density at radius 3 is 2.46 bits per heavy atom. The van der Waals surface area contributed by atoms with Gasteiger partial charge in [-0.15, -0.1) is 0 Å². The Morgan fingerprint density at radius 1 is 1.09 bits per heavy atom. The SMILES string of the molecule is COCc1cc(C)n(CC(=O)NN=CCc2cc(C)n(-c3ccc(C)c(C)c3)c2C)c(=O)c1C#N. The van der Waals surface area contributed by atoms with Crippen molar-refractivity contribution < 1.29 is 9.53 Å². The van der Waals surface area contributed by atoms with Crippen LogP contribution in [-0.4, -0.2) is 28.4 Å². The number of hydrogen-bond donors (Lipinski definition) is 1. The number of aryl methyl sites for hydroxylation is 4. The van der Waals surface area contributed by atoms with E-state index in [1.165, 1.54) is 22.8 Å². The van der Waals surface area contributed by atoms with Gasteiger partial charge in [0.2, 0.25) is 0 Å². The number of amides is 1. The molecule has 0 aliphatic carbocycles. The fraction of sp³-hybridized carbons (Fsp3) is 0.333. The molecule has 0 bridgehead atoms. The van der Waals surface area contributed by atoms with Crippen molar-refractivity contribution in [3.05, 3.63) is 85.6 Å². The van der Waals surface area contributed by atoms with E-state index in [0.29, 0.717) is 17.7 Å². The lowest BCUT2D eigenvalue weighted by Gasteiger charge is -2.12. The second kappa shape index (κ2) is 11.0. The Kier molecular flexibility index (Phi) is 8.05. The Bertz CT molecular complexity index is 1390. The van der Waals surface area contributed by atoms with E-state index in [9.17, 15) is 14.9 Å². The molecule has 0 saturated carbocycles. The number of hydrogen-bond acceptors (Lipinski definition) is 5. The number of ether oxygens (including phenoxy) is 1. The molecule has 3 aromatic rings. The smallest absolute Gasteiger partial charge is 0.269 e. The Morgan fingerprint density at radius 2 is 1.80 bits per heavy atom. The lowest BCUT2D eigenvalue weighted by Crippen LogP contribution is -2.33. The lowest BCUT2D eigenvalue weighted by atomic mass is 10.1. The second-order valence-electron chi connectivity index (χ2n) is 8.67. The lowest BCUT2D eigenvalue weighted by molar-refractivity contribution is -0.121. The number of carbonyl (C=O) groups is 1. The Labute approximate surface area is 205 Å². The third-order valence-corrected chi connectivity index (χ3v) is 6.18. The minimum absolute atomic E-state index is 0.0205. The number of aromatic nitrogens is 2. The van der Waals surface area contributed by atoms with E-state index < -0.39 is 11.5 Å². The highest BCUT2D eigenvalue weighted by atomic mass is 16.5. The maximum atomic E-state index is 12.7. The van der Waals surface area contributed by atoms with E-state index in [0.717, 1.165) is 22.6 Å². The van der Waals surface area contributed by atoms with Crippen LogP contribution in [0.2, 0.25) is 0 Å². The van der Waals surface area contributed by atoms with Crippen molar-refractivity contribution in [2.24, 2.45) is 5.10 Å². The quantitative estimate of drug-likeness (QED) is 0.399. The van der Waals surface area contributed by atoms with Crippen molar-refractivity contribution in [3.8, 4) is 11.8 Å². The molecule has 2 heterocycles. The first-order valence-electron chi connectivity index (χ1n) is 11.4. The van der Waals surface area contributed by atoms with Crippen molar-refractivity contribution in [1.82, 2.24) is 14.6 Å². The van der Waals surface area contributed by atoms with Crippen LogP contribution in [0.25, 0.3) is 5.69 Å². The van der Waals surface area contributed by atoms with Crippen molar-refractivity contribution in [1.29, 1.82) is 5.26 Å². The fourth-order valence-electron chi connectivity index (χ4n) is 4.16. The number of hydrazone groups is 1. The average molecular weight is 474 g/mol. The normalized spacial score (nSPS) is 11.1. The van der Waals surface area contributed by atoms with Crippen molar-refractivity contribution in [3.63, 3.8) is 0 Å². The molecule has 0 unspecified atom stereocenters. The van der Waals surface area contributed by atoms with Crippen LogP contribution in [-0.2, 0) is 29.1 Å². The van der Waals surface area contributed by atoms with Crippen LogP contribution in [0.1, 0.15) is 44.9 Å². The topological polar surface area (TPSA) is 101 Å². The van der Waals surface area contributed by atoms with Crippen LogP contribution in [0, 0.1) is 45.9 Å². The molecule has 0 aliphatic heterocycles. The summed E-state index contributed by atoms with van der Waals surface area (Å²) in [6.45, 7) is 9.97. The Balaban J connectivity index is 1.68. The molecular formula is C27H31N5O3. The molecular weight excluding hydrogens is 442 g/mol. The van der Waals surface area contributed by atoms with Gasteiger partial charge in [-0.25, -0.2) is 5.43 Å². The van der Waals surface area contributed by atoms with Crippen molar-refractivity contribution >= 4 is 12.1 Å². The van der Waals surface area contributed by atoms with Gasteiger partial charge in [-0.05, 0) is 75.6 Å². The molecule has 0 fully saturated rings. The first-order valence-corrected chi connectivity index (χ1v) is 11.4. The van der Waals surface area contributed by atoms with E-state index >= 15 is 0 Å². The van der Waals surface area contributed by atoms with Crippen LogP contribution < -0.4 is 11.0 Å². The summed E-state index contributed by atoms with van der Waals surface area (Å²) in [6, 6.07) is 12.1. The Hall–Kier alpha value is -3.96. The number of rotatable bonds is 8. The van der Waals surface area contributed by atoms with Crippen molar-refractivity contribution in [2.75, 3.05) is 7.11 Å². The van der Waals surface area contributed by atoms with E-state index in [4.69, 9.17) is 4.74 Å². The summed E-state index contributed by atoms with van der Waals surface area (Å²) in [7, 11) is 1.49. The second-order valence-corrected chi connectivity index (χ2v) is 8.67. The molecule has 182 valence electrons. The van der Waals surface area contributed by atoms with Crippen LogP contribution in [0.5, 0.6) is 0 Å². The number of benzene rings is 1. The number of nitrogens with zero attached hydrogens (tertiary/aromatic N) is 4. The van der Waals surface area contributed by atoms with Gasteiger partial charge in [0.15, 0.2) is 0 Å². The minimum atomic E-state index is -0.516. The van der Waals surface area contributed by atoms with E-state index in [-0.39, 0.29) is 18.7 Å². The summed E-state index contributed by atoms with van der Waals surface area (Å²) in [4.78, 5) is 25.1. The van der Waals surface area contributed by atoms with Crippen LogP contribution in [0.15, 0.2) is 40.2 Å². The molecule has 1 aromatic carbocycles. The third-order valence-electron chi connectivity index (χ3n) is 6.18. The first-order chi connectivity index (χ1) is 16.7. The maximum Gasteiger partial charge on any atom is 0.269 e. The van der Waals surface area contributed by atoms with Crippen molar-refractivity contribution in [2.45, 2.75) is 54.2 Å². The van der Waals surface area contributed by atoms with E-state index in [1.807, 2.05) is 6.07 Å². The molecule has 8 heteroatoms. The molecule has 2 aromatic heterocycles. The van der Waals surface area contributed by atoms with E-state index in [1.54, 1.807) is 19.2 Å². The average Bonchev–Trinajstić information content (AvgIpc) is 3.09. The van der Waals surface area contributed by atoms with Gasteiger partial charge in [0.05, 0.1) is 6.61 Å². The van der Waals surface area contributed by atoms with Gasteiger partial charge < -0.3 is 13.9 Å². The number of nitriles is 1. The number of carbonyl (C=O) groups excluding carboxylic acids is 1. The largest absolute Gasteiger partial charge is 0.380 e. The predicted octanol–water partition coefficient (Wildman–Crippen LogP) is 3.54. The van der Waals surface area contributed by atoms with Gasteiger partial charge in [-0.2, -0.15) is 10.4 Å². The summed E-state index contributed by atoms with van der Waals surface area (Å²) in [5.41, 5.74) is 9.98. The fourth-order valence-corrected chi connectivity index (χ4v) is 4.16. The predicted molar refractivity (Wildman–Crippen MR) is 136 cm³/mol. The molecule has 3 rings (SSSR count). The molecule has 0 aliphatic rings. The first kappa shape index (κ1) is 25.7. The monoisotopic (exact) mass is 473 g/mol.